The lowest BCUT2D eigenvalue weighted by Gasteiger charge is -2.45. The molecule has 2 heterocycles. The second-order valence-electron chi connectivity index (χ2n) is 7.47. The van der Waals surface area contributed by atoms with Gasteiger partial charge in [-0.05, 0) is 24.5 Å². The van der Waals surface area contributed by atoms with E-state index in [4.69, 9.17) is 0 Å². The van der Waals surface area contributed by atoms with Crippen molar-refractivity contribution < 1.29 is 9.59 Å². The van der Waals surface area contributed by atoms with Gasteiger partial charge in [-0.1, -0.05) is 32.0 Å². The molecular weight excluding hydrogens is 340 g/mol. The van der Waals surface area contributed by atoms with E-state index in [2.05, 4.69) is 25.2 Å². The first-order valence-electron chi connectivity index (χ1n) is 9.87. The van der Waals surface area contributed by atoms with Crippen LogP contribution in [0.15, 0.2) is 24.3 Å². The number of hydrogen-bond donors (Lipinski definition) is 1. The predicted octanol–water partition coefficient (Wildman–Crippen LogP) is 2.24. The maximum atomic E-state index is 12.7. The SMILES string of the molecule is CCC(CC)C(=O)N1CCC2(CC1)NCC(=O)N2Cc1ccccc1C#N. The summed E-state index contributed by atoms with van der Waals surface area (Å²) >= 11 is 0. The molecule has 2 amide bonds. The summed E-state index contributed by atoms with van der Waals surface area (Å²) in [5, 5.41) is 12.7. The molecule has 0 aliphatic carbocycles. The summed E-state index contributed by atoms with van der Waals surface area (Å²) < 4.78 is 0. The Labute approximate surface area is 161 Å². The molecule has 0 radical (unpaired) electrons. The topological polar surface area (TPSA) is 76.4 Å². The van der Waals surface area contributed by atoms with Gasteiger partial charge in [0.15, 0.2) is 0 Å². The van der Waals surface area contributed by atoms with Crippen LogP contribution in [-0.4, -0.2) is 46.9 Å². The Morgan fingerprint density at radius 3 is 2.56 bits per heavy atom. The van der Waals surface area contributed by atoms with E-state index in [1.807, 2.05) is 28.0 Å². The molecule has 0 saturated carbocycles. The summed E-state index contributed by atoms with van der Waals surface area (Å²) in [5.74, 6) is 0.388. The predicted molar refractivity (Wildman–Crippen MR) is 102 cm³/mol. The van der Waals surface area contributed by atoms with Crippen LogP contribution in [0.2, 0.25) is 0 Å². The number of rotatable bonds is 5. The molecule has 1 spiro atoms. The van der Waals surface area contributed by atoms with Crippen LogP contribution in [0.3, 0.4) is 0 Å². The van der Waals surface area contributed by atoms with Gasteiger partial charge in [-0.2, -0.15) is 5.26 Å². The van der Waals surface area contributed by atoms with Gasteiger partial charge < -0.3 is 9.80 Å². The largest absolute Gasteiger partial charge is 0.342 e. The second-order valence-corrected chi connectivity index (χ2v) is 7.47. The highest BCUT2D eigenvalue weighted by molar-refractivity contribution is 5.82. The van der Waals surface area contributed by atoms with Gasteiger partial charge in [0.2, 0.25) is 11.8 Å². The van der Waals surface area contributed by atoms with E-state index < -0.39 is 5.66 Å². The third-order valence-electron chi connectivity index (χ3n) is 6.09. The molecule has 6 nitrogen and oxygen atoms in total. The standard InChI is InChI=1S/C21H28N4O2/c1-3-16(4-2)20(27)24-11-9-21(10-12-24)23-14-19(26)25(21)15-18-8-6-5-7-17(18)13-22/h5-8,16,23H,3-4,9-12,14-15H2,1-2H3. The fourth-order valence-electron chi connectivity index (χ4n) is 4.29. The molecule has 27 heavy (non-hydrogen) atoms. The fraction of sp³-hybridized carbons (Fsp3) is 0.571. The maximum Gasteiger partial charge on any atom is 0.238 e. The molecule has 0 aromatic heterocycles. The average Bonchev–Trinajstić information content (AvgIpc) is 2.99. The molecule has 0 atom stereocenters. The number of nitriles is 1. The number of likely N-dealkylation sites (tertiary alicyclic amines) is 1. The second kappa shape index (κ2) is 8.10. The Kier molecular flexibility index (Phi) is 5.81. The van der Waals surface area contributed by atoms with Gasteiger partial charge in [0, 0.05) is 38.4 Å². The highest BCUT2D eigenvalue weighted by atomic mass is 16.2. The van der Waals surface area contributed by atoms with E-state index in [9.17, 15) is 14.9 Å². The van der Waals surface area contributed by atoms with Crippen LogP contribution in [-0.2, 0) is 16.1 Å². The van der Waals surface area contributed by atoms with E-state index in [0.29, 0.717) is 31.7 Å². The first-order valence-corrected chi connectivity index (χ1v) is 9.87. The Bertz CT molecular complexity index is 743. The minimum Gasteiger partial charge on any atom is -0.342 e. The first-order chi connectivity index (χ1) is 13.0. The smallest absolute Gasteiger partial charge is 0.238 e. The normalized spacial score (nSPS) is 19.0. The van der Waals surface area contributed by atoms with Crippen molar-refractivity contribution in [2.24, 2.45) is 5.92 Å². The summed E-state index contributed by atoms with van der Waals surface area (Å²) in [6.45, 7) is 6.18. The van der Waals surface area contributed by atoms with E-state index >= 15 is 0 Å². The summed E-state index contributed by atoms with van der Waals surface area (Å²) in [6, 6.07) is 9.64. The summed E-state index contributed by atoms with van der Waals surface area (Å²) in [6.07, 6.45) is 3.17. The van der Waals surface area contributed by atoms with Gasteiger partial charge in [-0.3, -0.25) is 14.9 Å². The molecule has 2 saturated heterocycles. The number of nitrogens with zero attached hydrogens (tertiary/aromatic N) is 3. The number of benzene rings is 1. The monoisotopic (exact) mass is 368 g/mol. The van der Waals surface area contributed by atoms with E-state index in [1.165, 1.54) is 0 Å². The highest BCUT2D eigenvalue weighted by Gasteiger charge is 2.47. The zero-order chi connectivity index (χ0) is 19.4. The van der Waals surface area contributed by atoms with Crippen molar-refractivity contribution in [3.8, 4) is 6.07 Å². The Morgan fingerprint density at radius 1 is 1.26 bits per heavy atom. The van der Waals surface area contributed by atoms with Crippen molar-refractivity contribution in [3.63, 3.8) is 0 Å². The summed E-state index contributed by atoms with van der Waals surface area (Å²) in [7, 11) is 0. The van der Waals surface area contributed by atoms with Crippen LogP contribution < -0.4 is 5.32 Å². The van der Waals surface area contributed by atoms with Gasteiger partial charge >= 0.3 is 0 Å². The third kappa shape index (κ3) is 3.70. The molecular formula is C21H28N4O2. The highest BCUT2D eigenvalue weighted by Crippen LogP contribution is 2.32. The lowest BCUT2D eigenvalue weighted by molar-refractivity contribution is -0.140. The van der Waals surface area contributed by atoms with Crippen molar-refractivity contribution in [2.75, 3.05) is 19.6 Å². The molecule has 0 unspecified atom stereocenters. The van der Waals surface area contributed by atoms with Gasteiger partial charge in [0.25, 0.3) is 0 Å². The van der Waals surface area contributed by atoms with Crippen LogP contribution >= 0.6 is 0 Å². The summed E-state index contributed by atoms with van der Waals surface area (Å²) in [5.41, 5.74) is 1.06. The quantitative estimate of drug-likeness (QED) is 0.865. The minimum absolute atomic E-state index is 0.0579. The number of carbonyl (C=O) groups is 2. The number of nitrogens with one attached hydrogen (secondary N) is 1. The van der Waals surface area contributed by atoms with Crippen molar-refractivity contribution in [2.45, 2.75) is 51.7 Å². The van der Waals surface area contributed by atoms with Gasteiger partial charge in [-0.15, -0.1) is 0 Å². The molecule has 0 bridgehead atoms. The molecule has 2 fully saturated rings. The van der Waals surface area contributed by atoms with Crippen molar-refractivity contribution in [1.82, 2.24) is 15.1 Å². The van der Waals surface area contributed by atoms with E-state index in [1.54, 1.807) is 6.07 Å². The number of piperidine rings is 1. The van der Waals surface area contributed by atoms with Gasteiger partial charge in [-0.25, -0.2) is 0 Å². The molecule has 2 aliphatic heterocycles. The molecule has 1 aromatic carbocycles. The maximum absolute atomic E-state index is 12.7. The zero-order valence-corrected chi connectivity index (χ0v) is 16.2. The van der Waals surface area contributed by atoms with Crippen molar-refractivity contribution in [3.05, 3.63) is 35.4 Å². The number of carbonyl (C=O) groups excluding carboxylic acids is 2. The first kappa shape index (κ1) is 19.4. The number of amides is 2. The third-order valence-corrected chi connectivity index (χ3v) is 6.09. The number of hydrogen-bond acceptors (Lipinski definition) is 4. The van der Waals surface area contributed by atoms with E-state index in [0.717, 1.165) is 31.2 Å². The molecule has 1 aromatic rings. The minimum atomic E-state index is -0.412. The molecule has 2 aliphatic rings. The van der Waals surface area contributed by atoms with E-state index in [-0.39, 0.29) is 17.7 Å². The Morgan fingerprint density at radius 2 is 1.93 bits per heavy atom. The van der Waals surface area contributed by atoms with Crippen LogP contribution in [0.25, 0.3) is 0 Å². The zero-order valence-electron chi connectivity index (χ0n) is 16.2. The van der Waals surface area contributed by atoms with Crippen molar-refractivity contribution >= 4 is 11.8 Å². The average molecular weight is 368 g/mol. The molecule has 3 rings (SSSR count). The van der Waals surface area contributed by atoms with Crippen LogP contribution in [0.4, 0.5) is 0 Å². The van der Waals surface area contributed by atoms with Crippen LogP contribution in [0.5, 0.6) is 0 Å². The van der Waals surface area contributed by atoms with Crippen molar-refractivity contribution in [1.29, 1.82) is 5.26 Å². The molecule has 1 N–H and O–H groups in total. The van der Waals surface area contributed by atoms with Crippen LogP contribution in [0, 0.1) is 17.2 Å². The lowest BCUT2D eigenvalue weighted by atomic mass is 9.93. The molecule has 144 valence electrons. The van der Waals surface area contributed by atoms with Gasteiger partial charge in [0.05, 0.1) is 23.8 Å². The molecule has 6 heteroatoms. The Balaban J connectivity index is 1.73. The van der Waals surface area contributed by atoms with Gasteiger partial charge in [0.1, 0.15) is 0 Å². The summed E-state index contributed by atoms with van der Waals surface area (Å²) in [4.78, 5) is 29.1. The lowest BCUT2D eigenvalue weighted by Crippen LogP contribution is -2.59. The fourth-order valence-corrected chi connectivity index (χ4v) is 4.29. The van der Waals surface area contributed by atoms with Crippen LogP contribution in [0.1, 0.15) is 50.7 Å². The Hall–Kier alpha value is -2.39.